The van der Waals surface area contributed by atoms with Crippen LogP contribution in [0.3, 0.4) is 0 Å². The first kappa shape index (κ1) is 16.3. The van der Waals surface area contributed by atoms with Gasteiger partial charge in [-0.1, -0.05) is 13.8 Å². The molecule has 3 aromatic rings. The lowest BCUT2D eigenvalue weighted by Crippen LogP contribution is -2.31. The van der Waals surface area contributed by atoms with E-state index < -0.39 is 0 Å². The number of rotatable bonds is 4. The zero-order valence-corrected chi connectivity index (χ0v) is 15.6. The summed E-state index contributed by atoms with van der Waals surface area (Å²) in [4.78, 5) is 14.6. The minimum absolute atomic E-state index is 0.0110. The van der Waals surface area contributed by atoms with Crippen LogP contribution in [-0.2, 0) is 0 Å². The molecule has 4 heterocycles. The van der Waals surface area contributed by atoms with Crippen molar-refractivity contribution in [2.24, 2.45) is 11.8 Å². The topological polar surface area (TPSA) is 88.4 Å². The zero-order valence-electron chi connectivity index (χ0n) is 15.6. The smallest absolute Gasteiger partial charge is 0.274 e. The molecule has 2 fully saturated rings. The van der Waals surface area contributed by atoms with Crippen molar-refractivity contribution in [1.29, 1.82) is 0 Å². The summed E-state index contributed by atoms with van der Waals surface area (Å²) in [6.45, 7) is 5.65. The Hall–Kier alpha value is -2.90. The van der Waals surface area contributed by atoms with Gasteiger partial charge in [0.1, 0.15) is 17.3 Å². The van der Waals surface area contributed by atoms with Gasteiger partial charge in [0.25, 0.3) is 5.91 Å². The number of carbonyl (C=O) groups excluding carboxylic acids is 1. The lowest BCUT2D eigenvalue weighted by molar-refractivity contribution is 0.0766. The number of fused-ring (bicyclic) bond motifs is 2. The monoisotopic (exact) mass is 366 g/mol. The molecular formula is C19H22N6O2. The standard InChI is InChI=1S/C19H22N6O2/c1-10(2)14-6-15(21-20-14)19(26)24-8-12-13(9-24)17(12)18-23-22-16-5-4-11(27-3)7-25(16)18/h4-7,10,12-13,17H,8-9H2,1-3H3,(H,20,21). The summed E-state index contributed by atoms with van der Waals surface area (Å²) < 4.78 is 7.33. The lowest BCUT2D eigenvalue weighted by atomic mass is 10.1. The number of H-pyrrole nitrogens is 1. The van der Waals surface area contributed by atoms with Crippen LogP contribution >= 0.6 is 0 Å². The van der Waals surface area contributed by atoms with Crippen LogP contribution in [-0.4, -0.2) is 55.8 Å². The largest absolute Gasteiger partial charge is 0.495 e. The second-order valence-electron chi connectivity index (χ2n) is 7.78. The van der Waals surface area contributed by atoms with Gasteiger partial charge < -0.3 is 9.64 Å². The predicted molar refractivity (Wildman–Crippen MR) is 97.8 cm³/mol. The number of methoxy groups -OCH3 is 1. The van der Waals surface area contributed by atoms with Crippen molar-refractivity contribution in [3.05, 3.63) is 41.6 Å². The number of likely N-dealkylation sites (tertiary alicyclic amines) is 1. The summed E-state index contributed by atoms with van der Waals surface area (Å²) in [6.07, 6.45) is 1.93. The molecule has 1 amide bonds. The van der Waals surface area contributed by atoms with E-state index in [4.69, 9.17) is 4.74 Å². The third kappa shape index (κ3) is 2.50. The molecule has 0 bridgehead atoms. The maximum absolute atomic E-state index is 12.7. The minimum Gasteiger partial charge on any atom is -0.495 e. The first-order valence-electron chi connectivity index (χ1n) is 9.30. The number of aromatic nitrogens is 5. The van der Waals surface area contributed by atoms with Crippen LogP contribution in [0, 0.1) is 11.8 Å². The van der Waals surface area contributed by atoms with E-state index in [0.717, 1.165) is 36.0 Å². The summed E-state index contributed by atoms with van der Waals surface area (Å²) in [7, 11) is 1.65. The first-order valence-corrected chi connectivity index (χ1v) is 9.30. The molecule has 0 spiro atoms. The Morgan fingerprint density at radius 1 is 1.26 bits per heavy atom. The first-order chi connectivity index (χ1) is 13.1. The molecule has 2 atom stereocenters. The van der Waals surface area contributed by atoms with Crippen molar-refractivity contribution in [2.45, 2.75) is 25.7 Å². The molecule has 27 heavy (non-hydrogen) atoms. The second kappa shape index (κ2) is 5.80. The molecule has 1 N–H and O–H groups in total. The summed E-state index contributed by atoms with van der Waals surface area (Å²) in [5.74, 6) is 3.32. The fourth-order valence-corrected chi connectivity index (χ4v) is 4.22. The van der Waals surface area contributed by atoms with E-state index in [9.17, 15) is 4.79 Å². The molecule has 1 aliphatic heterocycles. The van der Waals surface area contributed by atoms with Gasteiger partial charge in [-0.3, -0.25) is 14.3 Å². The normalized spacial score (nSPS) is 23.9. The molecule has 2 aliphatic rings. The Kier molecular flexibility index (Phi) is 3.50. The second-order valence-corrected chi connectivity index (χ2v) is 7.78. The highest BCUT2D eigenvalue weighted by Crippen LogP contribution is 2.57. The molecular weight excluding hydrogens is 344 g/mol. The average Bonchev–Trinajstić information content (AvgIpc) is 3.17. The van der Waals surface area contributed by atoms with Crippen LogP contribution in [0.1, 0.15) is 47.7 Å². The van der Waals surface area contributed by atoms with Gasteiger partial charge in [0.15, 0.2) is 5.65 Å². The molecule has 0 aromatic carbocycles. The van der Waals surface area contributed by atoms with Gasteiger partial charge in [-0.05, 0) is 36.0 Å². The van der Waals surface area contributed by atoms with Gasteiger partial charge in [0.05, 0.1) is 13.3 Å². The highest BCUT2D eigenvalue weighted by atomic mass is 16.5. The van der Waals surface area contributed by atoms with Gasteiger partial charge in [-0.2, -0.15) is 5.10 Å². The van der Waals surface area contributed by atoms with E-state index in [1.807, 2.05) is 33.7 Å². The molecule has 5 rings (SSSR count). The third-order valence-electron chi connectivity index (χ3n) is 5.86. The van der Waals surface area contributed by atoms with Crippen LogP contribution in [0.2, 0.25) is 0 Å². The number of carbonyl (C=O) groups is 1. The molecule has 1 saturated carbocycles. The fraction of sp³-hybridized carbons (Fsp3) is 0.474. The highest BCUT2D eigenvalue weighted by molar-refractivity contribution is 5.92. The van der Waals surface area contributed by atoms with Gasteiger partial charge in [0, 0.05) is 24.7 Å². The zero-order chi connectivity index (χ0) is 18.7. The van der Waals surface area contributed by atoms with E-state index in [0.29, 0.717) is 29.4 Å². The van der Waals surface area contributed by atoms with Crippen LogP contribution < -0.4 is 4.74 Å². The summed E-state index contributed by atoms with van der Waals surface area (Å²) in [5, 5.41) is 15.8. The molecule has 140 valence electrons. The van der Waals surface area contributed by atoms with Crippen molar-refractivity contribution in [3.63, 3.8) is 0 Å². The molecule has 1 aliphatic carbocycles. The maximum Gasteiger partial charge on any atom is 0.274 e. The van der Waals surface area contributed by atoms with Crippen molar-refractivity contribution >= 4 is 11.6 Å². The van der Waals surface area contributed by atoms with Crippen LogP contribution in [0.25, 0.3) is 5.65 Å². The molecule has 2 unspecified atom stereocenters. The van der Waals surface area contributed by atoms with E-state index in [2.05, 4.69) is 34.2 Å². The third-order valence-corrected chi connectivity index (χ3v) is 5.86. The van der Waals surface area contributed by atoms with Crippen molar-refractivity contribution < 1.29 is 9.53 Å². The fourth-order valence-electron chi connectivity index (χ4n) is 4.22. The number of aromatic amines is 1. The highest BCUT2D eigenvalue weighted by Gasteiger charge is 2.59. The predicted octanol–water partition coefficient (Wildman–Crippen LogP) is 2.07. The van der Waals surface area contributed by atoms with Crippen molar-refractivity contribution in [2.75, 3.05) is 20.2 Å². The Morgan fingerprint density at radius 3 is 2.70 bits per heavy atom. The Balaban J connectivity index is 1.31. The number of nitrogens with zero attached hydrogens (tertiary/aromatic N) is 5. The number of piperidine rings is 1. The molecule has 8 heteroatoms. The Bertz CT molecular complexity index is 1010. The number of pyridine rings is 1. The van der Waals surface area contributed by atoms with E-state index in [1.54, 1.807) is 7.11 Å². The summed E-state index contributed by atoms with van der Waals surface area (Å²) in [6, 6.07) is 5.66. The summed E-state index contributed by atoms with van der Waals surface area (Å²) >= 11 is 0. The van der Waals surface area contributed by atoms with Crippen LogP contribution in [0.15, 0.2) is 24.4 Å². The van der Waals surface area contributed by atoms with E-state index in [-0.39, 0.29) is 5.91 Å². The quantitative estimate of drug-likeness (QED) is 0.764. The average molecular weight is 366 g/mol. The van der Waals surface area contributed by atoms with Gasteiger partial charge in [-0.25, -0.2) is 0 Å². The van der Waals surface area contributed by atoms with E-state index in [1.165, 1.54) is 0 Å². The number of nitrogens with one attached hydrogen (secondary N) is 1. The van der Waals surface area contributed by atoms with Gasteiger partial charge in [0.2, 0.25) is 0 Å². The van der Waals surface area contributed by atoms with Crippen LogP contribution in [0.4, 0.5) is 0 Å². The van der Waals surface area contributed by atoms with E-state index >= 15 is 0 Å². The molecule has 3 aromatic heterocycles. The maximum atomic E-state index is 12.7. The Morgan fingerprint density at radius 2 is 2.04 bits per heavy atom. The SMILES string of the molecule is COc1ccc2nnc(C3C4CN(C(=O)c5cc(C(C)C)[nH]n5)CC43)n2c1. The number of amides is 1. The number of hydrogen-bond acceptors (Lipinski definition) is 5. The summed E-state index contributed by atoms with van der Waals surface area (Å²) in [5.41, 5.74) is 2.32. The molecule has 8 nitrogen and oxygen atoms in total. The molecule has 0 radical (unpaired) electrons. The lowest BCUT2D eigenvalue weighted by Gasteiger charge is -2.18. The van der Waals surface area contributed by atoms with Crippen molar-refractivity contribution in [1.82, 2.24) is 29.7 Å². The number of ether oxygens (including phenoxy) is 1. The minimum atomic E-state index is 0.0110. The molecule has 1 saturated heterocycles. The van der Waals surface area contributed by atoms with Gasteiger partial charge in [-0.15, -0.1) is 10.2 Å². The Labute approximate surface area is 156 Å². The van der Waals surface area contributed by atoms with Crippen molar-refractivity contribution in [3.8, 4) is 5.75 Å². The van der Waals surface area contributed by atoms with Gasteiger partial charge >= 0.3 is 0 Å². The number of hydrogen-bond donors (Lipinski definition) is 1. The van der Waals surface area contributed by atoms with Crippen LogP contribution in [0.5, 0.6) is 5.75 Å².